The normalized spacial score (nSPS) is 20.8. The summed E-state index contributed by atoms with van der Waals surface area (Å²) in [5.74, 6) is 3.32. The van der Waals surface area contributed by atoms with Gasteiger partial charge in [-0.05, 0) is 74.4 Å². The third kappa shape index (κ3) is 9.77. The van der Waals surface area contributed by atoms with Crippen LogP contribution in [0.25, 0.3) is 16.7 Å². The van der Waals surface area contributed by atoms with Gasteiger partial charge in [0.25, 0.3) is 5.92 Å². The second kappa shape index (κ2) is 19.5. The van der Waals surface area contributed by atoms with Crippen LogP contribution < -0.4 is 27.0 Å². The number of imide groups is 1. The molecule has 4 fully saturated rings. The van der Waals surface area contributed by atoms with Crippen molar-refractivity contribution >= 4 is 52.1 Å². The largest absolute Gasteiger partial charge is 0.385 e. The van der Waals surface area contributed by atoms with Crippen molar-refractivity contribution in [1.29, 1.82) is 0 Å². The van der Waals surface area contributed by atoms with Crippen molar-refractivity contribution in [2.75, 3.05) is 56.6 Å². The summed E-state index contributed by atoms with van der Waals surface area (Å²) in [4.78, 5) is 56.4. The molecular formula is C47H57F2N11O5. The van der Waals surface area contributed by atoms with Crippen LogP contribution in [-0.2, 0) is 39.1 Å². The maximum atomic E-state index is 15.9. The number of nitrogens with one attached hydrogen (secondary N) is 2. The molecule has 0 spiro atoms. The van der Waals surface area contributed by atoms with Crippen molar-refractivity contribution in [1.82, 2.24) is 38.8 Å². The van der Waals surface area contributed by atoms with Crippen LogP contribution in [0.1, 0.15) is 79.8 Å². The first-order chi connectivity index (χ1) is 31.4. The Morgan fingerprint density at radius 3 is 2.48 bits per heavy atom. The van der Waals surface area contributed by atoms with Crippen LogP contribution >= 0.6 is 0 Å². The second-order valence-electron chi connectivity index (χ2n) is 17.3. The van der Waals surface area contributed by atoms with Crippen LogP contribution in [0.4, 0.5) is 26.0 Å². The van der Waals surface area contributed by atoms with Gasteiger partial charge in [-0.15, -0.1) is 5.10 Å². The molecule has 18 heteroatoms. The lowest BCUT2D eigenvalue weighted by Gasteiger charge is -2.45. The minimum absolute atomic E-state index is 0.0641. The molecule has 4 aliphatic heterocycles. The van der Waals surface area contributed by atoms with Gasteiger partial charge < -0.3 is 20.7 Å². The van der Waals surface area contributed by atoms with E-state index in [9.17, 15) is 14.4 Å². The maximum Gasteiger partial charge on any atom is 0.329 e. The van der Waals surface area contributed by atoms with Crippen molar-refractivity contribution < 1.29 is 27.9 Å². The lowest BCUT2D eigenvalue weighted by molar-refractivity contribution is -0.137. The summed E-state index contributed by atoms with van der Waals surface area (Å²) >= 11 is 0. The minimum atomic E-state index is -2.85. The Labute approximate surface area is 376 Å². The number of rotatable bonds is 8. The molecule has 10 rings (SSSR count). The van der Waals surface area contributed by atoms with E-state index < -0.39 is 23.9 Å². The fourth-order valence-corrected chi connectivity index (χ4v) is 9.42. The summed E-state index contributed by atoms with van der Waals surface area (Å²) in [5.41, 5.74) is 11.7. The zero-order valence-corrected chi connectivity index (χ0v) is 37.2. The zero-order chi connectivity index (χ0) is 45.8. The third-order valence-electron chi connectivity index (χ3n) is 12.8. The number of carbonyl (C=O) groups excluding carboxylic acids is 3. The summed E-state index contributed by atoms with van der Waals surface area (Å²) in [7, 11) is 3.52. The highest BCUT2D eigenvalue weighted by molar-refractivity contribution is 6.00. The number of primary amides is 1. The van der Waals surface area contributed by atoms with E-state index in [1.54, 1.807) is 25.2 Å². The summed E-state index contributed by atoms with van der Waals surface area (Å²) in [5, 5.41) is 10.5. The highest BCUT2D eigenvalue weighted by Crippen LogP contribution is 2.39. The van der Waals surface area contributed by atoms with Crippen LogP contribution in [0.15, 0.2) is 53.5 Å². The molecule has 3 amide bonds. The molecule has 2 atom stereocenters. The van der Waals surface area contributed by atoms with E-state index in [0.29, 0.717) is 62.0 Å². The van der Waals surface area contributed by atoms with Gasteiger partial charge in [-0.2, -0.15) is 0 Å². The van der Waals surface area contributed by atoms with Crippen molar-refractivity contribution in [3.05, 3.63) is 81.5 Å². The molecule has 3 saturated heterocycles. The van der Waals surface area contributed by atoms with Crippen molar-refractivity contribution in [3.8, 4) is 11.8 Å². The number of amides is 3. The Bertz CT molecular complexity index is 2690. The first kappa shape index (κ1) is 45.4. The number of aryl methyl sites for hydroxylation is 2. The number of imidazole rings is 2. The van der Waals surface area contributed by atoms with Gasteiger partial charge in [0.1, 0.15) is 12.6 Å². The molecule has 7 heterocycles. The molecule has 5 aliphatic rings. The molecule has 344 valence electrons. The van der Waals surface area contributed by atoms with Crippen molar-refractivity contribution in [2.45, 2.75) is 95.4 Å². The zero-order valence-electron chi connectivity index (χ0n) is 37.2. The number of likely N-dealkylation sites (tertiary alicyclic amines) is 2. The first-order valence-electron chi connectivity index (χ1n) is 22.5. The number of nitrogens with zero attached hydrogens (tertiary/aromatic N) is 8. The van der Waals surface area contributed by atoms with E-state index in [2.05, 4.69) is 50.2 Å². The molecule has 2 unspecified atom stereocenters. The molecule has 1 aliphatic carbocycles. The van der Waals surface area contributed by atoms with Crippen molar-refractivity contribution in [3.63, 3.8) is 0 Å². The minimum Gasteiger partial charge on any atom is -0.385 e. The molecular weight excluding hydrogens is 837 g/mol. The number of nitrogens with two attached hydrogens (primary N) is 1. The highest BCUT2D eigenvalue weighted by atomic mass is 19.3. The number of carbonyl (C=O) groups is 3. The number of anilines is 3. The van der Waals surface area contributed by atoms with E-state index in [1.165, 1.54) is 34.0 Å². The molecule has 5 aromatic rings. The predicted octanol–water partition coefficient (Wildman–Crippen LogP) is 4.42. The van der Waals surface area contributed by atoms with Gasteiger partial charge in [-0.25, -0.2) is 23.1 Å². The SMILES string of the molecule is C1CC1.CNc1cc(N2CCc3c(CN4CCC(N5CCC(OCC#Cc6ccc7c(c6)n(C)c(=O)n7C6CCC(=O)NC6=O)CC5)C(F)(F)C4)cccc32)nn2c(C)cnc12.NC=O. The van der Waals surface area contributed by atoms with E-state index in [4.69, 9.17) is 14.6 Å². The standard InChI is InChI=1S/C43H48F2N10O4.C3H6.CH3NO/c1-27-24-47-40-32(46-2)23-38(49-55(27)40)53-20-15-31-29(7-4-8-33(31)53)25-51-17-16-37(43(44,45)26-51)52-18-13-30(14-19-52)59-21-5-6-28-9-10-34-36(22-28)50(3)42(58)54(34)35-11-12-39(56)48-41(35)57;1-2-3-1;2-1-3/h4,7-10,22-24,30,35,37,46H,11-21,25-26H2,1-3H3,(H,48,56,57);1-3H2;1H,(H2,2,3). The van der Waals surface area contributed by atoms with Gasteiger partial charge in [0.2, 0.25) is 18.2 Å². The summed E-state index contributed by atoms with van der Waals surface area (Å²) in [6.07, 6.45) is 9.47. The average molecular weight is 894 g/mol. The van der Waals surface area contributed by atoms with Crippen LogP contribution in [0.3, 0.4) is 0 Å². The number of piperidine rings is 3. The van der Waals surface area contributed by atoms with E-state index in [0.717, 1.165) is 47.1 Å². The molecule has 65 heavy (non-hydrogen) atoms. The molecule has 3 aromatic heterocycles. The van der Waals surface area contributed by atoms with Gasteiger partial charge in [-0.1, -0.05) is 43.2 Å². The van der Waals surface area contributed by atoms with Gasteiger partial charge in [0, 0.05) is 70.6 Å². The number of alkyl halides is 2. The number of ether oxygens (including phenoxy) is 1. The number of fused-ring (bicyclic) bond motifs is 3. The molecule has 1 saturated carbocycles. The fraction of sp³-hybridized carbons (Fsp3) is 0.489. The predicted molar refractivity (Wildman–Crippen MR) is 243 cm³/mol. The van der Waals surface area contributed by atoms with E-state index in [1.807, 2.05) is 46.6 Å². The van der Waals surface area contributed by atoms with Gasteiger partial charge >= 0.3 is 5.69 Å². The lowest BCUT2D eigenvalue weighted by Crippen LogP contribution is -2.59. The number of aromatic nitrogens is 5. The summed E-state index contributed by atoms with van der Waals surface area (Å²) in [6.45, 7) is 4.83. The maximum absolute atomic E-state index is 15.9. The first-order valence-corrected chi connectivity index (χ1v) is 22.5. The fourth-order valence-electron chi connectivity index (χ4n) is 9.42. The molecule has 4 N–H and O–H groups in total. The monoisotopic (exact) mass is 893 g/mol. The number of halogens is 2. The number of hydrogen-bond donors (Lipinski definition) is 3. The Hall–Kier alpha value is -6.16. The third-order valence-corrected chi connectivity index (χ3v) is 12.8. The molecule has 0 radical (unpaired) electrons. The summed E-state index contributed by atoms with van der Waals surface area (Å²) in [6, 6.07) is 12.0. The van der Waals surface area contributed by atoms with Crippen LogP contribution in [0.2, 0.25) is 0 Å². The molecule has 2 aromatic carbocycles. The van der Waals surface area contributed by atoms with Crippen LogP contribution in [0.5, 0.6) is 0 Å². The Kier molecular flexibility index (Phi) is 13.6. The van der Waals surface area contributed by atoms with Crippen LogP contribution in [-0.4, -0.2) is 116 Å². The number of hydrogen-bond acceptors (Lipinski definition) is 11. The Morgan fingerprint density at radius 1 is 1.00 bits per heavy atom. The molecule has 0 bridgehead atoms. The Morgan fingerprint density at radius 2 is 1.77 bits per heavy atom. The van der Waals surface area contributed by atoms with Crippen molar-refractivity contribution in [2.24, 2.45) is 12.8 Å². The van der Waals surface area contributed by atoms with Crippen LogP contribution in [0, 0.1) is 18.8 Å². The van der Waals surface area contributed by atoms with Gasteiger partial charge in [-0.3, -0.25) is 38.6 Å². The topological polar surface area (TPSA) is 177 Å². The highest BCUT2D eigenvalue weighted by Gasteiger charge is 2.48. The Balaban J connectivity index is 0.000000900. The van der Waals surface area contributed by atoms with Gasteiger partial charge in [0.15, 0.2) is 11.5 Å². The smallest absolute Gasteiger partial charge is 0.329 e. The molecule has 16 nitrogen and oxygen atoms in total. The average Bonchev–Trinajstić information content (AvgIpc) is 3.99. The van der Waals surface area contributed by atoms with E-state index in [-0.39, 0.29) is 50.1 Å². The number of benzene rings is 2. The lowest BCUT2D eigenvalue weighted by atomic mass is 9.95. The second-order valence-corrected chi connectivity index (χ2v) is 17.3. The van der Waals surface area contributed by atoms with Gasteiger partial charge in [0.05, 0.1) is 47.3 Å². The summed E-state index contributed by atoms with van der Waals surface area (Å²) < 4.78 is 42.7. The van der Waals surface area contributed by atoms with E-state index >= 15 is 8.78 Å². The quantitative estimate of drug-likeness (QED) is 0.114.